The molecule has 2 aromatic carbocycles. The molecule has 0 aliphatic rings. The summed E-state index contributed by atoms with van der Waals surface area (Å²) in [5.74, 6) is -1.01. The number of nitrogens with one attached hydrogen (secondary N) is 3. The van der Waals surface area contributed by atoms with Crippen molar-refractivity contribution in [1.82, 2.24) is 15.2 Å². The SMILES string of the molecule is CC(=O)Nc1c(C)cccc1-c1nnc(S[C@@H](C)C(=O)Nc2ccc(F)cc2)[nH]c1=O. The van der Waals surface area contributed by atoms with E-state index < -0.39 is 16.6 Å². The Balaban J connectivity index is 1.78. The van der Waals surface area contributed by atoms with E-state index in [1.54, 1.807) is 19.1 Å². The summed E-state index contributed by atoms with van der Waals surface area (Å²) in [6, 6.07) is 10.6. The summed E-state index contributed by atoms with van der Waals surface area (Å²) in [5, 5.41) is 13.0. The number of para-hydroxylation sites is 1. The molecule has 8 nitrogen and oxygen atoms in total. The van der Waals surface area contributed by atoms with Crippen LogP contribution < -0.4 is 16.2 Å². The number of thioether (sulfide) groups is 1. The summed E-state index contributed by atoms with van der Waals surface area (Å²) in [4.78, 5) is 39.1. The number of hydrogen-bond donors (Lipinski definition) is 3. The Morgan fingerprint density at radius 1 is 1.10 bits per heavy atom. The van der Waals surface area contributed by atoms with E-state index in [4.69, 9.17) is 0 Å². The lowest BCUT2D eigenvalue weighted by Gasteiger charge is -2.13. The number of hydrogen-bond acceptors (Lipinski definition) is 6. The average Bonchev–Trinajstić information content (AvgIpc) is 2.71. The summed E-state index contributed by atoms with van der Waals surface area (Å²) < 4.78 is 13.0. The van der Waals surface area contributed by atoms with Crippen molar-refractivity contribution in [2.24, 2.45) is 0 Å². The summed E-state index contributed by atoms with van der Waals surface area (Å²) in [7, 11) is 0. The number of anilines is 2. The fourth-order valence-corrected chi connectivity index (χ4v) is 3.50. The van der Waals surface area contributed by atoms with E-state index in [9.17, 15) is 18.8 Å². The molecular weight excluding hydrogens is 421 g/mol. The van der Waals surface area contributed by atoms with Crippen LogP contribution in [0.2, 0.25) is 0 Å². The lowest BCUT2D eigenvalue weighted by atomic mass is 10.1. The van der Waals surface area contributed by atoms with Gasteiger partial charge in [-0.3, -0.25) is 19.4 Å². The summed E-state index contributed by atoms with van der Waals surface area (Å²) in [6.45, 7) is 4.83. The second-order valence-electron chi connectivity index (χ2n) is 6.74. The number of nitrogens with zero attached hydrogens (tertiary/aromatic N) is 2. The van der Waals surface area contributed by atoms with Gasteiger partial charge in [-0.05, 0) is 43.7 Å². The van der Waals surface area contributed by atoms with E-state index in [1.807, 2.05) is 13.0 Å². The molecule has 160 valence electrons. The van der Waals surface area contributed by atoms with E-state index in [2.05, 4.69) is 25.8 Å². The standard InChI is InChI=1S/C21H20FN5O3S/c1-11-5-4-6-16(17(11)23-13(3)28)18-20(30)25-21(27-26-18)31-12(2)19(29)24-15-9-7-14(22)8-10-15/h4-10,12H,1-3H3,(H,23,28)(H,24,29)(H,25,27,30)/t12-/m0/s1. The highest BCUT2D eigenvalue weighted by atomic mass is 32.2. The molecule has 0 radical (unpaired) electrons. The average molecular weight is 441 g/mol. The van der Waals surface area contributed by atoms with Gasteiger partial charge in [-0.1, -0.05) is 30.0 Å². The van der Waals surface area contributed by atoms with Gasteiger partial charge < -0.3 is 10.6 Å². The van der Waals surface area contributed by atoms with Crippen LogP contribution in [0.25, 0.3) is 11.3 Å². The van der Waals surface area contributed by atoms with Crippen LogP contribution in [-0.4, -0.2) is 32.2 Å². The molecule has 2 amide bonds. The summed E-state index contributed by atoms with van der Waals surface area (Å²) >= 11 is 1.03. The monoisotopic (exact) mass is 441 g/mol. The molecule has 0 aliphatic carbocycles. The van der Waals surface area contributed by atoms with Crippen molar-refractivity contribution in [3.05, 3.63) is 64.2 Å². The van der Waals surface area contributed by atoms with Gasteiger partial charge in [-0.25, -0.2) is 4.39 Å². The third-order valence-electron chi connectivity index (χ3n) is 4.27. The first-order valence-electron chi connectivity index (χ1n) is 9.32. The van der Waals surface area contributed by atoms with E-state index in [1.165, 1.54) is 31.2 Å². The minimum atomic E-state index is -0.602. The number of carbonyl (C=O) groups is 2. The number of H-pyrrole nitrogens is 1. The zero-order valence-electron chi connectivity index (χ0n) is 17.0. The molecule has 0 fully saturated rings. The maximum Gasteiger partial charge on any atom is 0.278 e. The van der Waals surface area contributed by atoms with Crippen LogP contribution in [0.4, 0.5) is 15.8 Å². The quantitative estimate of drug-likeness (QED) is 0.505. The molecule has 0 saturated heterocycles. The van der Waals surface area contributed by atoms with Gasteiger partial charge in [0.25, 0.3) is 5.56 Å². The smallest absolute Gasteiger partial charge is 0.278 e. The minimum Gasteiger partial charge on any atom is -0.325 e. The molecule has 0 bridgehead atoms. The number of amides is 2. The van der Waals surface area contributed by atoms with Crippen LogP contribution in [0, 0.1) is 12.7 Å². The van der Waals surface area contributed by atoms with Crippen molar-refractivity contribution < 1.29 is 14.0 Å². The first-order valence-corrected chi connectivity index (χ1v) is 10.2. The summed E-state index contributed by atoms with van der Waals surface area (Å²) in [5.41, 5.74) is 1.73. The topological polar surface area (TPSA) is 117 Å². The van der Waals surface area contributed by atoms with Gasteiger partial charge in [0.05, 0.1) is 10.9 Å². The van der Waals surface area contributed by atoms with Crippen molar-refractivity contribution in [2.45, 2.75) is 31.2 Å². The van der Waals surface area contributed by atoms with Crippen LogP contribution in [0.15, 0.2) is 52.4 Å². The predicted molar refractivity (Wildman–Crippen MR) is 117 cm³/mol. The molecule has 1 atom stereocenters. The van der Waals surface area contributed by atoms with Crippen molar-refractivity contribution in [2.75, 3.05) is 10.6 Å². The molecule has 3 rings (SSSR count). The molecule has 10 heteroatoms. The van der Waals surface area contributed by atoms with Gasteiger partial charge in [0.1, 0.15) is 5.82 Å². The van der Waals surface area contributed by atoms with E-state index in [0.29, 0.717) is 16.9 Å². The Labute approximate surface area is 181 Å². The number of aromatic nitrogens is 3. The summed E-state index contributed by atoms with van der Waals surface area (Å²) in [6.07, 6.45) is 0. The zero-order valence-corrected chi connectivity index (χ0v) is 17.8. The lowest BCUT2D eigenvalue weighted by molar-refractivity contribution is -0.115. The maximum absolute atomic E-state index is 13.0. The number of rotatable bonds is 6. The van der Waals surface area contributed by atoms with Gasteiger partial charge in [0.2, 0.25) is 11.8 Å². The van der Waals surface area contributed by atoms with Crippen molar-refractivity contribution in [3.63, 3.8) is 0 Å². The molecule has 31 heavy (non-hydrogen) atoms. The molecule has 0 spiro atoms. The Bertz CT molecular complexity index is 1180. The molecular formula is C21H20FN5O3S. The number of carbonyl (C=O) groups excluding carboxylic acids is 2. The van der Waals surface area contributed by atoms with Gasteiger partial charge >= 0.3 is 0 Å². The van der Waals surface area contributed by atoms with Crippen molar-refractivity contribution in [1.29, 1.82) is 0 Å². The van der Waals surface area contributed by atoms with E-state index in [-0.39, 0.29) is 22.7 Å². The normalized spacial score (nSPS) is 11.6. The highest BCUT2D eigenvalue weighted by Crippen LogP contribution is 2.28. The van der Waals surface area contributed by atoms with Crippen LogP contribution in [0.5, 0.6) is 0 Å². The number of aryl methyl sites for hydroxylation is 1. The Kier molecular flexibility index (Phi) is 6.81. The van der Waals surface area contributed by atoms with E-state index in [0.717, 1.165) is 17.3 Å². The molecule has 0 unspecified atom stereocenters. The first-order chi connectivity index (χ1) is 14.7. The van der Waals surface area contributed by atoms with Crippen molar-refractivity contribution >= 4 is 35.0 Å². The third-order valence-corrected chi connectivity index (χ3v) is 5.25. The highest BCUT2D eigenvalue weighted by molar-refractivity contribution is 8.00. The van der Waals surface area contributed by atoms with Crippen LogP contribution >= 0.6 is 11.8 Å². The van der Waals surface area contributed by atoms with Gasteiger partial charge in [0.15, 0.2) is 10.9 Å². The highest BCUT2D eigenvalue weighted by Gasteiger charge is 2.19. The number of halogens is 1. The Hall–Kier alpha value is -3.53. The van der Waals surface area contributed by atoms with Crippen LogP contribution in [0.1, 0.15) is 19.4 Å². The molecule has 0 aliphatic heterocycles. The third kappa shape index (κ3) is 5.54. The lowest BCUT2D eigenvalue weighted by Crippen LogP contribution is -2.23. The van der Waals surface area contributed by atoms with Gasteiger partial charge in [0, 0.05) is 18.2 Å². The van der Waals surface area contributed by atoms with E-state index >= 15 is 0 Å². The second-order valence-corrected chi connectivity index (χ2v) is 8.07. The number of aromatic amines is 1. The second kappa shape index (κ2) is 9.52. The fraction of sp³-hybridized carbons (Fsp3) is 0.190. The fourth-order valence-electron chi connectivity index (χ4n) is 2.76. The minimum absolute atomic E-state index is 0.0558. The molecule has 3 aromatic rings. The van der Waals surface area contributed by atoms with Crippen LogP contribution in [0.3, 0.4) is 0 Å². The molecule has 1 aromatic heterocycles. The van der Waals surface area contributed by atoms with Crippen LogP contribution in [-0.2, 0) is 9.59 Å². The largest absolute Gasteiger partial charge is 0.325 e. The van der Waals surface area contributed by atoms with Gasteiger partial charge in [-0.15, -0.1) is 10.2 Å². The molecule has 0 saturated carbocycles. The van der Waals surface area contributed by atoms with Crippen molar-refractivity contribution in [3.8, 4) is 11.3 Å². The van der Waals surface area contributed by atoms with Gasteiger partial charge in [-0.2, -0.15) is 0 Å². The Morgan fingerprint density at radius 3 is 2.45 bits per heavy atom. The predicted octanol–water partition coefficient (Wildman–Crippen LogP) is 3.36. The first kappa shape index (κ1) is 22.2. The molecule has 3 N–H and O–H groups in total. The zero-order chi connectivity index (χ0) is 22.5. The molecule has 1 heterocycles. The number of benzene rings is 2. The maximum atomic E-state index is 13.0. The Morgan fingerprint density at radius 2 is 1.81 bits per heavy atom.